The molecule has 0 bridgehead atoms. The van der Waals surface area contributed by atoms with Crippen LogP contribution in [0.3, 0.4) is 0 Å². The van der Waals surface area contributed by atoms with Gasteiger partial charge in [-0.3, -0.25) is 24.2 Å². The number of hydrogen-bond acceptors (Lipinski definition) is 6. The van der Waals surface area contributed by atoms with Crippen molar-refractivity contribution in [3.05, 3.63) is 52.6 Å². The van der Waals surface area contributed by atoms with Gasteiger partial charge in [-0.25, -0.2) is 4.98 Å². The molecule has 4 heterocycles. The van der Waals surface area contributed by atoms with E-state index in [1.54, 1.807) is 4.57 Å². The van der Waals surface area contributed by atoms with Crippen LogP contribution in [0.4, 0.5) is 5.69 Å². The van der Waals surface area contributed by atoms with Crippen LogP contribution in [0.1, 0.15) is 18.2 Å². The SMILES string of the molecule is Cc1cc(NC(=O)CC2CSc3nc4[nH]ncc4c(=O)n32)c2ccccc2n1. The molecule has 140 valence electrons. The summed E-state index contributed by atoms with van der Waals surface area (Å²) in [6.07, 6.45) is 1.67. The lowest BCUT2D eigenvalue weighted by Crippen LogP contribution is -2.27. The van der Waals surface area contributed by atoms with Gasteiger partial charge in [0.1, 0.15) is 5.39 Å². The van der Waals surface area contributed by atoms with Crippen LogP contribution in [0.5, 0.6) is 0 Å². The van der Waals surface area contributed by atoms with Crippen LogP contribution < -0.4 is 10.9 Å². The summed E-state index contributed by atoms with van der Waals surface area (Å²) in [5, 5.41) is 11.6. The molecule has 0 radical (unpaired) electrons. The largest absolute Gasteiger partial charge is 0.325 e. The second-order valence-corrected chi connectivity index (χ2v) is 7.73. The molecular formula is C19H16N6O2S. The molecule has 2 N–H and O–H groups in total. The van der Waals surface area contributed by atoms with Gasteiger partial charge in [0.25, 0.3) is 5.56 Å². The van der Waals surface area contributed by atoms with Gasteiger partial charge in [-0.15, -0.1) is 0 Å². The molecule has 0 fully saturated rings. The van der Waals surface area contributed by atoms with E-state index in [1.165, 1.54) is 18.0 Å². The van der Waals surface area contributed by atoms with Gasteiger partial charge in [0.15, 0.2) is 10.8 Å². The normalized spacial score (nSPS) is 15.8. The van der Waals surface area contributed by atoms with Gasteiger partial charge in [0, 0.05) is 23.3 Å². The minimum absolute atomic E-state index is 0.145. The van der Waals surface area contributed by atoms with Crippen molar-refractivity contribution < 1.29 is 4.79 Å². The maximum atomic E-state index is 12.8. The summed E-state index contributed by atoms with van der Waals surface area (Å²) >= 11 is 1.48. The Labute approximate surface area is 163 Å². The van der Waals surface area contributed by atoms with E-state index in [9.17, 15) is 9.59 Å². The Balaban J connectivity index is 1.43. The first-order valence-corrected chi connectivity index (χ1v) is 9.83. The Morgan fingerprint density at radius 1 is 1.32 bits per heavy atom. The maximum Gasteiger partial charge on any atom is 0.265 e. The zero-order chi connectivity index (χ0) is 19.3. The lowest BCUT2D eigenvalue weighted by atomic mass is 10.1. The van der Waals surface area contributed by atoms with Gasteiger partial charge in [0.2, 0.25) is 5.91 Å². The highest BCUT2D eigenvalue weighted by atomic mass is 32.2. The summed E-state index contributed by atoms with van der Waals surface area (Å²) in [5.74, 6) is 0.486. The first-order chi connectivity index (χ1) is 13.6. The number of aryl methyl sites for hydroxylation is 1. The number of rotatable bonds is 3. The van der Waals surface area contributed by atoms with Gasteiger partial charge in [-0.05, 0) is 19.1 Å². The van der Waals surface area contributed by atoms with Crippen molar-refractivity contribution in [2.75, 3.05) is 11.1 Å². The Kier molecular flexibility index (Phi) is 3.90. The number of fused-ring (bicyclic) bond motifs is 3. The number of H-pyrrole nitrogens is 1. The van der Waals surface area contributed by atoms with Gasteiger partial charge < -0.3 is 5.32 Å². The number of aromatic nitrogens is 5. The van der Waals surface area contributed by atoms with Crippen LogP contribution >= 0.6 is 11.8 Å². The second kappa shape index (κ2) is 6.45. The van der Waals surface area contributed by atoms with E-state index in [-0.39, 0.29) is 23.9 Å². The van der Waals surface area contributed by atoms with Gasteiger partial charge in [0.05, 0.1) is 23.4 Å². The number of nitrogens with one attached hydrogen (secondary N) is 2. The summed E-state index contributed by atoms with van der Waals surface area (Å²) in [5.41, 5.74) is 2.71. The Morgan fingerprint density at radius 3 is 3.07 bits per heavy atom. The van der Waals surface area contributed by atoms with Crippen molar-refractivity contribution in [3.8, 4) is 0 Å². The number of benzene rings is 1. The number of nitrogens with zero attached hydrogens (tertiary/aromatic N) is 4. The number of aromatic amines is 1. The molecular weight excluding hydrogens is 376 g/mol. The third kappa shape index (κ3) is 2.75. The number of carbonyl (C=O) groups excluding carboxylic acids is 1. The smallest absolute Gasteiger partial charge is 0.265 e. The van der Waals surface area contributed by atoms with Crippen molar-refractivity contribution in [1.29, 1.82) is 0 Å². The fourth-order valence-corrected chi connectivity index (χ4v) is 4.67. The van der Waals surface area contributed by atoms with Crippen LogP contribution in [0, 0.1) is 6.92 Å². The average molecular weight is 392 g/mol. The summed E-state index contributed by atoms with van der Waals surface area (Å²) in [6, 6.07) is 9.31. The van der Waals surface area contributed by atoms with Crippen molar-refractivity contribution in [2.24, 2.45) is 0 Å². The Hall–Kier alpha value is -3.20. The number of hydrogen-bond donors (Lipinski definition) is 2. The van der Waals surface area contributed by atoms with Crippen molar-refractivity contribution in [1.82, 2.24) is 24.7 Å². The van der Waals surface area contributed by atoms with Crippen LogP contribution in [-0.2, 0) is 4.79 Å². The van der Waals surface area contributed by atoms with E-state index in [2.05, 4.69) is 25.5 Å². The highest BCUT2D eigenvalue weighted by Crippen LogP contribution is 2.33. The zero-order valence-electron chi connectivity index (χ0n) is 15.0. The molecule has 1 aliphatic heterocycles. The third-order valence-corrected chi connectivity index (χ3v) is 5.89. The highest BCUT2D eigenvalue weighted by molar-refractivity contribution is 7.99. The van der Waals surface area contributed by atoms with E-state index < -0.39 is 0 Å². The molecule has 0 saturated heterocycles. The molecule has 8 nitrogen and oxygen atoms in total. The number of anilines is 1. The Bertz CT molecular complexity index is 1290. The summed E-state index contributed by atoms with van der Waals surface area (Å²) in [6.45, 7) is 1.90. The first kappa shape index (κ1) is 16.9. The fourth-order valence-electron chi connectivity index (χ4n) is 3.53. The standard InChI is InChI=1S/C19H16N6O2S/c1-10-6-15(12-4-2-3-5-14(12)21-10)22-16(26)7-11-9-28-19-23-17-13(8-20-24-17)18(27)25(11)19/h2-6,8,11H,7,9H2,1H3,(H,20,24)(H,21,22,26). The molecule has 5 rings (SSSR count). The van der Waals surface area contributed by atoms with Crippen LogP contribution in [0.25, 0.3) is 21.9 Å². The van der Waals surface area contributed by atoms with Crippen molar-refractivity contribution in [3.63, 3.8) is 0 Å². The average Bonchev–Trinajstić information content (AvgIpc) is 3.29. The van der Waals surface area contributed by atoms with Crippen LogP contribution in [-0.4, -0.2) is 36.4 Å². The van der Waals surface area contributed by atoms with E-state index in [1.807, 2.05) is 37.3 Å². The summed E-state index contributed by atoms with van der Waals surface area (Å²) in [4.78, 5) is 34.5. The number of amides is 1. The molecule has 0 saturated carbocycles. The zero-order valence-corrected chi connectivity index (χ0v) is 15.8. The Morgan fingerprint density at radius 2 is 2.18 bits per heavy atom. The van der Waals surface area contributed by atoms with E-state index in [0.29, 0.717) is 21.9 Å². The topological polar surface area (TPSA) is 106 Å². The van der Waals surface area contributed by atoms with E-state index >= 15 is 0 Å². The first-order valence-electron chi connectivity index (χ1n) is 8.85. The number of pyridine rings is 1. The molecule has 1 atom stereocenters. The predicted molar refractivity (Wildman–Crippen MR) is 108 cm³/mol. The van der Waals surface area contributed by atoms with E-state index in [0.717, 1.165) is 22.3 Å². The molecule has 0 spiro atoms. The van der Waals surface area contributed by atoms with Crippen molar-refractivity contribution in [2.45, 2.75) is 24.5 Å². The van der Waals surface area contributed by atoms with Gasteiger partial charge in [-0.2, -0.15) is 5.10 Å². The third-order valence-electron chi connectivity index (χ3n) is 4.79. The molecule has 9 heteroatoms. The van der Waals surface area contributed by atoms with E-state index in [4.69, 9.17) is 0 Å². The second-order valence-electron chi connectivity index (χ2n) is 6.75. The van der Waals surface area contributed by atoms with Gasteiger partial charge >= 0.3 is 0 Å². The molecule has 1 unspecified atom stereocenters. The molecule has 28 heavy (non-hydrogen) atoms. The minimum Gasteiger partial charge on any atom is -0.325 e. The lowest BCUT2D eigenvalue weighted by molar-refractivity contribution is -0.116. The molecule has 3 aromatic heterocycles. The number of para-hydroxylation sites is 1. The molecule has 1 amide bonds. The molecule has 4 aromatic rings. The van der Waals surface area contributed by atoms with Gasteiger partial charge in [-0.1, -0.05) is 30.0 Å². The lowest BCUT2D eigenvalue weighted by Gasteiger charge is -2.14. The fraction of sp³-hybridized carbons (Fsp3) is 0.211. The minimum atomic E-state index is -0.242. The van der Waals surface area contributed by atoms with Crippen molar-refractivity contribution >= 4 is 45.3 Å². The number of thioether (sulfide) groups is 1. The quantitative estimate of drug-likeness (QED) is 0.519. The molecule has 1 aliphatic rings. The van der Waals surface area contributed by atoms with Crippen LogP contribution in [0.15, 0.2) is 46.5 Å². The summed E-state index contributed by atoms with van der Waals surface area (Å²) < 4.78 is 1.61. The number of carbonyl (C=O) groups is 1. The molecule has 1 aromatic carbocycles. The van der Waals surface area contributed by atoms with Crippen LogP contribution in [0.2, 0.25) is 0 Å². The summed E-state index contributed by atoms with van der Waals surface area (Å²) in [7, 11) is 0. The highest BCUT2D eigenvalue weighted by Gasteiger charge is 2.29. The molecule has 0 aliphatic carbocycles. The monoisotopic (exact) mass is 392 g/mol. The predicted octanol–water partition coefficient (Wildman–Crippen LogP) is 2.65. The maximum absolute atomic E-state index is 12.8.